The number of hydrogen-bond acceptors (Lipinski definition) is 4. The minimum absolute atomic E-state index is 0.182. The summed E-state index contributed by atoms with van der Waals surface area (Å²) in [4.78, 5) is 14.7. The Morgan fingerprint density at radius 3 is 2.47 bits per heavy atom. The van der Waals surface area contributed by atoms with Gasteiger partial charge >= 0.3 is 0 Å². The molecule has 0 aromatic heterocycles. The summed E-state index contributed by atoms with van der Waals surface area (Å²) >= 11 is 5.45. The van der Waals surface area contributed by atoms with Crippen LogP contribution < -0.4 is 19.7 Å². The predicted octanol–water partition coefficient (Wildman–Crippen LogP) is 5.97. The zero-order chi connectivity index (χ0) is 24.2. The van der Waals surface area contributed by atoms with Gasteiger partial charge in [-0.2, -0.15) is 0 Å². The van der Waals surface area contributed by atoms with Crippen LogP contribution in [0.2, 0.25) is 0 Å². The van der Waals surface area contributed by atoms with Gasteiger partial charge in [0.05, 0.1) is 12.8 Å². The molecule has 1 amide bonds. The molecule has 0 atom stereocenters. The summed E-state index contributed by atoms with van der Waals surface area (Å²) in [5.41, 5.74) is 5.18. The molecule has 4 rings (SSSR count). The Bertz CT molecular complexity index is 1250. The van der Waals surface area contributed by atoms with Crippen LogP contribution in [0.1, 0.15) is 42.0 Å². The number of rotatable bonds is 7. The van der Waals surface area contributed by atoms with Gasteiger partial charge in [0.1, 0.15) is 23.8 Å². The molecule has 0 radical (unpaired) electrons. The molecule has 0 aliphatic carbocycles. The molecule has 0 spiro atoms. The van der Waals surface area contributed by atoms with Gasteiger partial charge in [-0.1, -0.05) is 50.2 Å². The standard InChI is InChI=1S/C28H28N2O3S/c1-18(2)21-10-12-23(13-11-21)33-17-22-15-20(9-14-26(22)32-4)16-24-27(31)30(28(34)29-24)25-8-6-5-7-19(25)3/h5-16,18H,17H2,1-4H3,(H,29,34)/b24-16+. The lowest BCUT2D eigenvalue weighted by Crippen LogP contribution is -2.30. The van der Waals surface area contributed by atoms with Crippen molar-refractivity contribution in [1.29, 1.82) is 0 Å². The van der Waals surface area contributed by atoms with Gasteiger partial charge in [0.2, 0.25) is 0 Å². The van der Waals surface area contributed by atoms with Crippen molar-refractivity contribution in [3.8, 4) is 11.5 Å². The molecule has 5 nitrogen and oxygen atoms in total. The van der Waals surface area contributed by atoms with Crippen LogP contribution in [0.5, 0.6) is 11.5 Å². The third-order valence-electron chi connectivity index (χ3n) is 5.79. The number of methoxy groups -OCH3 is 1. The smallest absolute Gasteiger partial charge is 0.281 e. The van der Waals surface area contributed by atoms with Crippen molar-refractivity contribution < 1.29 is 14.3 Å². The number of anilines is 1. The summed E-state index contributed by atoms with van der Waals surface area (Å²) in [5.74, 6) is 1.81. The number of nitrogens with zero attached hydrogens (tertiary/aromatic N) is 1. The van der Waals surface area contributed by atoms with E-state index >= 15 is 0 Å². The van der Waals surface area contributed by atoms with Crippen molar-refractivity contribution in [2.75, 3.05) is 12.0 Å². The molecule has 174 valence electrons. The van der Waals surface area contributed by atoms with Crippen molar-refractivity contribution in [1.82, 2.24) is 5.32 Å². The number of amides is 1. The van der Waals surface area contributed by atoms with Crippen molar-refractivity contribution in [2.24, 2.45) is 0 Å². The summed E-state index contributed by atoms with van der Waals surface area (Å²) in [6.45, 7) is 6.63. The van der Waals surface area contributed by atoms with Crippen molar-refractivity contribution in [3.05, 3.63) is 94.7 Å². The molecule has 0 unspecified atom stereocenters. The molecule has 3 aromatic carbocycles. The van der Waals surface area contributed by atoms with Crippen LogP contribution in [0, 0.1) is 6.92 Å². The lowest BCUT2D eigenvalue weighted by atomic mass is 10.0. The summed E-state index contributed by atoms with van der Waals surface area (Å²) in [6.07, 6.45) is 1.80. The van der Waals surface area contributed by atoms with E-state index in [2.05, 4.69) is 31.3 Å². The number of benzene rings is 3. The third kappa shape index (κ3) is 4.97. The number of para-hydroxylation sites is 1. The lowest BCUT2D eigenvalue weighted by Gasteiger charge is -2.16. The van der Waals surface area contributed by atoms with Gasteiger partial charge in [0.25, 0.3) is 5.91 Å². The first kappa shape index (κ1) is 23.5. The van der Waals surface area contributed by atoms with E-state index < -0.39 is 0 Å². The maximum Gasteiger partial charge on any atom is 0.281 e. The summed E-state index contributed by atoms with van der Waals surface area (Å²) < 4.78 is 11.5. The lowest BCUT2D eigenvalue weighted by molar-refractivity contribution is -0.113. The van der Waals surface area contributed by atoms with E-state index in [1.165, 1.54) is 10.5 Å². The molecule has 1 aliphatic rings. The monoisotopic (exact) mass is 472 g/mol. The van der Waals surface area contributed by atoms with E-state index in [1.807, 2.05) is 61.5 Å². The van der Waals surface area contributed by atoms with E-state index in [0.29, 0.717) is 23.3 Å². The molecule has 3 aromatic rings. The fourth-order valence-corrected chi connectivity index (χ4v) is 4.14. The Morgan fingerprint density at radius 1 is 1.06 bits per heavy atom. The van der Waals surface area contributed by atoms with E-state index in [0.717, 1.165) is 33.9 Å². The molecule has 1 fully saturated rings. The summed E-state index contributed by atoms with van der Waals surface area (Å²) in [7, 11) is 1.63. The minimum Gasteiger partial charge on any atom is -0.496 e. The van der Waals surface area contributed by atoms with Crippen LogP contribution in [0.25, 0.3) is 6.08 Å². The normalized spacial score (nSPS) is 14.6. The Balaban J connectivity index is 1.55. The maximum absolute atomic E-state index is 13.1. The van der Waals surface area contributed by atoms with Crippen LogP contribution in [-0.4, -0.2) is 18.1 Å². The average Bonchev–Trinajstić information content (AvgIpc) is 3.11. The van der Waals surface area contributed by atoms with Crippen LogP contribution >= 0.6 is 12.2 Å². The first-order valence-electron chi connectivity index (χ1n) is 11.2. The van der Waals surface area contributed by atoms with Gasteiger partial charge in [-0.15, -0.1) is 0 Å². The molecular formula is C28H28N2O3S. The van der Waals surface area contributed by atoms with Crippen molar-refractivity contribution in [2.45, 2.75) is 33.3 Å². The van der Waals surface area contributed by atoms with Crippen molar-refractivity contribution >= 4 is 35.0 Å². The molecule has 0 bridgehead atoms. The van der Waals surface area contributed by atoms with Gasteiger partial charge in [0.15, 0.2) is 5.11 Å². The zero-order valence-electron chi connectivity index (χ0n) is 19.8. The van der Waals surface area contributed by atoms with Crippen LogP contribution in [0.15, 0.2) is 72.4 Å². The SMILES string of the molecule is COc1ccc(/C=C2/NC(=S)N(c3ccccc3C)C2=O)cc1COc1ccc(C(C)C)cc1. The fraction of sp³-hybridized carbons (Fsp3) is 0.214. The highest BCUT2D eigenvalue weighted by molar-refractivity contribution is 7.80. The van der Waals surface area contributed by atoms with Crippen LogP contribution in [0.3, 0.4) is 0 Å². The number of hydrogen-bond donors (Lipinski definition) is 1. The van der Waals surface area contributed by atoms with E-state index in [-0.39, 0.29) is 5.91 Å². The highest BCUT2D eigenvalue weighted by Gasteiger charge is 2.32. The van der Waals surface area contributed by atoms with Crippen LogP contribution in [-0.2, 0) is 11.4 Å². The Morgan fingerprint density at radius 2 is 1.79 bits per heavy atom. The largest absolute Gasteiger partial charge is 0.496 e. The fourth-order valence-electron chi connectivity index (χ4n) is 3.85. The van der Waals surface area contributed by atoms with E-state index in [1.54, 1.807) is 13.2 Å². The molecule has 1 heterocycles. The van der Waals surface area contributed by atoms with E-state index in [4.69, 9.17) is 21.7 Å². The molecule has 1 saturated heterocycles. The quantitative estimate of drug-likeness (QED) is 0.339. The predicted molar refractivity (Wildman–Crippen MR) is 140 cm³/mol. The van der Waals surface area contributed by atoms with Gasteiger partial charge in [-0.25, -0.2) is 0 Å². The average molecular weight is 473 g/mol. The molecule has 0 saturated carbocycles. The second kappa shape index (κ2) is 10.1. The topological polar surface area (TPSA) is 50.8 Å². The summed E-state index contributed by atoms with van der Waals surface area (Å²) in [5, 5.41) is 3.42. The van der Waals surface area contributed by atoms with Crippen LogP contribution in [0.4, 0.5) is 5.69 Å². The zero-order valence-corrected chi connectivity index (χ0v) is 20.6. The Hall–Kier alpha value is -3.64. The molecular weight excluding hydrogens is 444 g/mol. The van der Waals surface area contributed by atoms with Crippen molar-refractivity contribution in [3.63, 3.8) is 0 Å². The van der Waals surface area contributed by atoms with E-state index in [9.17, 15) is 4.79 Å². The number of nitrogens with one attached hydrogen (secondary N) is 1. The first-order chi connectivity index (χ1) is 16.4. The van der Waals surface area contributed by atoms with Gasteiger partial charge in [-0.05, 0) is 78.2 Å². The molecule has 34 heavy (non-hydrogen) atoms. The first-order valence-corrected chi connectivity index (χ1v) is 11.6. The highest BCUT2D eigenvalue weighted by atomic mass is 32.1. The Labute approximate surface area is 206 Å². The number of ether oxygens (including phenoxy) is 2. The maximum atomic E-state index is 13.1. The number of carbonyl (C=O) groups is 1. The minimum atomic E-state index is -0.182. The highest BCUT2D eigenvalue weighted by Crippen LogP contribution is 2.28. The third-order valence-corrected chi connectivity index (χ3v) is 6.08. The second-order valence-corrected chi connectivity index (χ2v) is 8.89. The number of thiocarbonyl (C=S) groups is 1. The molecule has 6 heteroatoms. The molecule has 1 N–H and O–H groups in total. The van der Waals surface area contributed by atoms with Gasteiger partial charge in [-0.3, -0.25) is 9.69 Å². The Kier molecular flexibility index (Phi) is 6.98. The second-order valence-electron chi connectivity index (χ2n) is 8.50. The molecule has 1 aliphatic heterocycles. The number of carbonyl (C=O) groups excluding carboxylic acids is 1. The number of aryl methyl sites for hydroxylation is 1. The summed E-state index contributed by atoms with van der Waals surface area (Å²) in [6, 6.07) is 21.6. The van der Waals surface area contributed by atoms with Gasteiger partial charge < -0.3 is 14.8 Å². The van der Waals surface area contributed by atoms with Gasteiger partial charge in [0, 0.05) is 5.56 Å².